The van der Waals surface area contributed by atoms with Gasteiger partial charge in [0.1, 0.15) is 6.07 Å². The molecule has 0 saturated heterocycles. The first-order valence-electron chi connectivity index (χ1n) is 4.12. The Hall–Kier alpha value is -1.91. The van der Waals surface area contributed by atoms with Crippen LogP contribution in [-0.4, -0.2) is 21.0 Å². The zero-order valence-corrected chi connectivity index (χ0v) is 8.90. The molecule has 0 aliphatic rings. The summed E-state index contributed by atoms with van der Waals surface area (Å²) in [7, 11) is -3.77. The molecule has 0 aromatic heterocycles. The number of ether oxygens (including phenoxy) is 1. The highest BCUT2D eigenvalue weighted by Gasteiger charge is 2.10. The third-order valence-corrected chi connectivity index (χ3v) is 2.62. The van der Waals surface area contributed by atoms with Crippen molar-refractivity contribution >= 4 is 16.0 Å². The summed E-state index contributed by atoms with van der Waals surface area (Å²) in [6, 6.07) is 6.56. The molecule has 0 aliphatic heterocycles. The number of primary sulfonamides is 1. The summed E-state index contributed by atoms with van der Waals surface area (Å²) >= 11 is 0. The normalized spacial score (nSPS) is 10.5. The summed E-state index contributed by atoms with van der Waals surface area (Å²) in [5.74, 6) is -0.692. The van der Waals surface area contributed by atoms with Gasteiger partial charge in [-0.2, -0.15) is 5.26 Å². The summed E-state index contributed by atoms with van der Waals surface area (Å²) in [6.45, 7) is -0.351. The first-order valence-corrected chi connectivity index (χ1v) is 5.66. The van der Waals surface area contributed by atoms with Crippen molar-refractivity contribution in [3.63, 3.8) is 0 Å². The molecule has 0 atom stereocenters. The Labute approximate surface area is 92.3 Å². The van der Waals surface area contributed by atoms with Gasteiger partial charge in [0.2, 0.25) is 10.0 Å². The van der Waals surface area contributed by atoms with Gasteiger partial charge >= 0.3 is 5.97 Å². The van der Waals surface area contributed by atoms with Crippen LogP contribution in [0.4, 0.5) is 0 Å². The maximum Gasteiger partial charge on any atom is 0.339 e. The molecular formula is C9H8N2O4S. The Morgan fingerprint density at radius 2 is 1.94 bits per heavy atom. The number of sulfonamides is 1. The molecule has 7 heteroatoms. The lowest BCUT2D eigenvalue weighted by molar-refractivity contribution is 0.0555. The van der Waals surface area contributed by atoms with E-state index in [1.54, 1.807) is 6.07 Å². The van der Waals surface area contributed by atoms with Crippen LogP contribution in [0.3, 0.4) is 0 Å². The maximum atomic E-state index is 11.2. The number of nitrogens with two attached hydrogens (primary N) is 1. The van der Waals surface area contributed by atoms with Crippen molar-refractivity contribution in [2.45, 2.75) is 4.90 Å². The lowest BCUT2D eigenvalue weighted by atomic mass is 10.2. The molecular weight excluding hydrogens is 232 g/mol. The molecule has 0 heterocycles. The molecule has 16 heavy (non-hydrogen) atoms. The number of carbonyl (C=O) groups is 1. The van der Waals surface area contributed by atoms with Gasteiger partial charge in [-0.15, -0.1) is 0 Å². The lowest BCUT2D eigenvalue weighted by Crippen LogP contribution is -2.12. The fourth-order valence-corrected chi connectivity index (χ4v) is 1.48. The highest BCUT2D eigenvalue weighted by atomic mass is 32.2. The van der Waals surface area contributed by atoms with Gasteiger partial charge in [0, 0.05) is 0 Å². The van der Waals surface area contributed by atoms with Crippen LogP contribution in [0.5, 0.6) is 0 Å². The van der Waals surface area contributed by atoms with E-state index in [1.165, 1.54) is 24.3 Å². The van der Waals surface area contributed by atoms with Gasteiger partial charge in [-0.05, 0) is 24.3 Å². The maximum absolute atomic E-state index is 11.2. The molecule has 1 aromatic rings. The van der Waals surface area contributed by atoms with E-state index in [4.69, 9.17) is 10.4 Å². The van der Waals surface area contributed by atoms with Gasteiger partial charge < -0.3 is 4.74 Å². The number of hydrogen-bond acceptors (Lipinski definition) is 5. The minimum Gasteiger partial charge on any atom is -0.447 e. The van der Waals surface area contributed by atoms with Crippen molar-refractivity contribution in [3.05, 3.63) is 29.8 Å². The Balaban J connectivity index is 2.88. The molecule has 84 valence electrons. The lowest BCUT2D eigenvalue weighted by Gasteiger charge is -2.01. The fraction of sp³-hybridized carbons (Fsp3) is 0.111. The number of rotatable bonds is 3. The molecule has 2 N–H and O–H groups in total. The number of nitriles is 1. The minimum absolute atomic E-state index is 0.0932. The number of benzene rings is 1. The van der Waals surface area contributed by atoms with Crippen molar-refractivity contribution in [2.24, 2.45) is 5.14 Å². The molecule has 0 aliphatic carbocycles. The molecule has 0 radical (unpaired) electrons. The van der Waals surface area contributed by atoms with Crippen molar-refractivity contribution in [1.29, 1.82) is 5.26 Å². The molecule has 1 rings (SSSR count). The average molecular weight is 240 g/mol. The summed E-state index contributed by atoms with van der Waals surface area (Å²) in [5, 5.41) is 13.1. The zero-order chi connectivity index (χ0) is 12.2. The topological polar surface area (TPSA) is 110 Å². The molecule has 6 nitrogen and oxygen atoms in total. The molecule has 1 aromatic carbocycles. The molecule has 0 fully saturated rings. The second-order valence-electron chi connectivity index (χ2n) is 2.80. The third-order valence-electron chi connectivity index (χ3n) is 1.69. The molecule has 0 amide bonds. The SMILES string of the molecule is N#CCOC(=O)c1ccc(S(N)(=O)=O)cc1. The second-order valence-corrected chi connectivity index (χ2v) is 4.37. The quantitative estimate of drug-likeness (QED) is 0.748. The first-order chi connectivity index (χ1) is 7.45. The van der Waals surface area contributed by atoms with Gasteiger partial charge in [-0.3, -0.25) is 0 Å². The van der Waals surface area contributed by atoms with Crippen molar-refractivity contribution in [1.82, 2.24) is 0 Å². The van der Waals surface area contributed by atoms with E-state index in [2.05, 4.69) is 4.74 Å². The van der Waals surface area contributed by atoms with E-state index in [9.17, 15) is 13.2 Å². The standard InChI is InChI=1S/C9H8N2O4S/c10-5-6-15-9(12)7-1-3-8(4-2-7)16(11,13)14/h1-4H,6H2,(H2,11,13,14). The Morgan fingerprint density at radius 1 is 1.38 bits per heavy atom. The van der Waals surface area contributed by atoms with Gasteiger partial charge in [0.15, 0.2) is 6.61 Å². The number of hydrogen-bond donors (Lipinski definition) is 1. The van der Waals surface area contributed by atoms with Crippen molar-refractivity contribution in [3.8, 4) is 6.07 Å². The Bertz CT molecular complexity index is 528. The Morgan fingerprint density at radius 3 is 2.38 bits per heavy atom. The van der Waals surface area contributed by atoms with E-state index in [0.29, 0.717) is 0 Å². The van der Waals surface area contributed by atoms with E-state index < -0.39 is 16.0 Å². The summed E-state index contributed by atoms with van der Waals surface area (Å²) in [5.41, 5.74) is 0.155. The molecule has 0 unspecified atom stereocenters. The van der Waals surface area contributed by atoms with Crippen LogP contribution >= 0.6 is 0 Å². The highest BCUT2D eigenvalue weighted by molar-refractivity contribution is 7.89. The Kier molecular flexibility index (Phi) is 3.60. The largest absolute Gasteiger partial charge is 0.447 e. The average Bonchev–Trinajstić information content (AvgIpc) is 2.25. The highest BCUT2D eigenvalue weighted by Crippen LogP contribution is 2.09. The molecule has 0 spiro atoms. The van der Waals surface area contributed by atoms with E-state index in [-0.39, 0.29) is 17.1 Å². The van der Waals surface area contributed by atoms with Crippen LogP contribution in [0.15, 0.2) is 29.2 Å². The summed E-state index contributed by atoms with van der Waals surface area (Å²) < 4.78 is 26.3. The monoisotopic (exact) mass is 240 g/mol. The van der Waals surface area contributed by atoms with E-state index >= 15 is 0 Å². The van der Waals surface area contributed by atoms with Gasteiger partial charge in [0.05, 0.1) is 10.5 Å². The number of nitrogens with zero attached hydrogens (tertiary/aromatic N) is 1. The van der Waals surface area contributed by atoms with E-state index in [0.717, 1.165) is 0 Å². The third kappa shape index (κ3) is 3.05. The predicted octanol–water partition coefficient (Wildman–Crippen LogP) is 0.0144. The smallest absolute Gasteiger partial charge is 0.339 e. The van der Waals surface area contributed by atoms with Crippen LogP contribution in [0, 0.1) is 11.3 Å². The van der Waals surface area contributed by atoms with Crippen LogP contribution in [0.1, 0.15) is 10.4 Å². The van der Waals surface area contributed by atoms with Crippen LogP contribution in [0.2, 0.25) is 0 Å². The summed E-state index contributed by atoms with van der Waals surface area (Å²) in [4.78, 5) is 11.1. The van der Waals surface area contributed by atoms with Gasteiger partial charge in [-0.1, -0.05) is 0 Å². The first kappa shape index (κ1) is 12.2. The summed E-state index contributed by atoms with van der Waals surface area (Å²) in [6.07, 6.45) is 0. The zero-order valence-electron chi connectivity index (χ0n) is 8.08. The van der Waals surface area contributed by atoms with Gasteiger partial charge in [0.25, 0.3) is 0 Å². The molecule has 0 bridgehead atoms. The van der Waals surface area contributed by atoms with Gasteiger partial charge in [-0.25, -0.2) is 18.4 Å². The second kappa shape index (κ2) is 4.74. The van der Waals surface area contributed by atoms with Crippen molar-refractivity contribution in [2.75, 3.05) is 6.61 Å². The molecule has 0 saturated carbocycles. The minimum atomic E-state index is -3.77. The van der Waals surface area contributed by atoms with E-state index in [1.807, 2.05) is 0 Å². The fourth-order valence-electron chi connectivity index (χ4n) is 0.962. The number of esters is 1. The van der Waals surface area contributed by atoms with Crippen LogP contribution in [0.25, 0.3) is 0 Å². The van der Waals surface area contributed by atoms with Crippen molar-refractivity contribution < 1.29 is 17.9 Å². The van der Waals surface area contributed by atoms with Crippen LogP contribution in [-0.2, 0) is 14.8 Å². The number of carbonyl (C=O) groups excluding carboxylic acids is 1. The van der Waals surface area contributed by atoms with Crippen LogP contribution < -0.4 is 5.14 Å². The predicted molar refractivity (Wildman–Crippen MR) is 53.7 cm³/mol.